The fourth-order valence-corrected chi connectivity index (χ4v) is 4.84. The van der Waals surface area contributed by atoms with Gasteiger partial charge in [0, 0.05) is 28.2 Å². The van der Waals surface area contributed by atoms with E-state index in [-0.39, 0.29) is 46.4 Å². The van der Waals surface area contributed by atoms with E-state index in [0.717, 1.165) is 18.2 Å². The SMILES string of the molecule is Cc1ncc2c(NC3c4ccc(F)c(O)c4C4(CC4)CC3(O)C(F)(F)F)ccc(F)c2n1. The third-order valence-electron chi connectivity index (χ3n) is 6.55. The molecule has 2 aliphatic rings. The van der Waals surface area contributed by atoms with E-state index in [4.69, 9.17) is 0 Å². The van der Waals surface area contributed by atoms with Crippen LogP contribution in [0.2, 0.25) is 0 Å². The lowest BCUT2D eigenvalue weighted by molar-refractivity contribution is -0.274. The number of aliphatic hydroxyl groups is 1. The van der Waals surface area contributed by atoms with Crippen LogP contribution in [0.25, 0.3) is 10.9 Å². The van der Waals surface area contributed by atoms with E-state index < -0.39 is 47.0 Å². The van der Waals surface area contributed by atoms with E-state index in [0.29, 0.717) is 0 Å². The van der Waals surface area contributed by atoms with E-state index in [1.54, 1.807) is 6.92 Å². The molecule has 5 rings (SSSR count). The predicted molar refractivity (Wildman–Crippen MR) is 105 cm³/mol. The van der Waals surface area contributed by atoms with Gasteiger partial charge in [0.15, 0.2) is 17.2 Å². The van der Waals surface area contributed by atoms with Crippen LogP contribution < -0.4 is 5.32 Å². The van der Waals surface area contributed by atoms with E-state index in [2.05, 4.69) is 15.3 Å². The first kappa shape index (κ1) is 20.9. The van der Waals surface area contributed by atoms with E-state index >= 15 is 0 Å². The highest BCUT2D eigenvalue weighted by atomic mass is 19.4. The molecule has 2 aromatic carbocycles. The largest absolute Gasteiger partial charge is 0.505 e. The highest BCUT2D eigenvalue weighted by Crippen LogP contribution is 2.65. The van der Waals surface area contributed by atoms with Crippen LogP contribution in [0.5, 0.6) is 5.75 Å². The van der Waals surface area contributed by atoms with Crippen molar-refractivity contribution in [2.75, 3.05) is 5.32 Å². The zero-order valence-electron chi connectivity index (χ0n) is 16.8. The Bertz CT molecular complexity index is 1260. The molecule has 168 valence electrons. The van der Waals surface area contributed by atoms with E-state index in [1.165, 1.54) is 12.3 Å². The van der Waals surface area contributed by atoms with E-state index in [9.17, 15) is 32.2 Å². The summed E-state index contributed by atoms with van der Waals surface area (Å²) < 4.78 is 71.2. The minimum absolute atomic E-state index is 0.0574. The maximum absolute atomic E-state index is 14.3. The molecule has 0 radical (unpaired) electrons. The number of phenols is 1. The van der Waals surface area contributed by atoms with Crippen LogP contribution in [0, 0.1) is 18.6 Å². The Morgan fingerprint density at radius 2 is 1.78 bits per heavy atom. The molecule has 0 bridgehead atoms. The molecule has 1 saturated carbocycles. The van der Waals surface area contributed by atoms with Gasteiger partial charge in [-0.1, -0.05) is 6.07 Å². The quantitative estimate of drug-likeness (QED) is 0.488. The van der Waals surface area contributed by atoms with Crippen LogP contribution in [-0.2, 0) is 5.41 Å². The van der Waals surface area contributed by atoms with Gasteiger partial charge < -0.3 is 15.5 Å². The van der Waals surface area contributed by atoms with Gasteiger partial charge in [0.2, 0.25) is 0 Å². The zero-order chi connectivity index (χ0) is 23.1. The molecule has 1 fully saturated rings. The molecule has 3 aromatic rings. The highest BCUT2D eigenvalue weighted by Gasteiger charge is 2.68. The average molecular weight is 451 g/mol. The van der Waals surface area contributed by atoms with Gasteiger partial charge in [-0.05, 0) is 49.9 Å². The second-order valence-corrected chi connectivity index (χ2v) is 8.59. The van der Waals surface area contributed by atoms with Crippen molar-refractivity contribution in [1.82, 2.24) is 9.97 Å². The summed E-state index contributed by atoms with van der Waals surface area (Å²) in [5, 5.41) is 24.2. The number of aromatic hydroxyl groups is 1. The van der Waals surface area contributed by atoms with Crippen LogP contribution in [0.3, 0.4) is 0 Å². The minimum Gasteiger partial charge on any atom is -0.505 e. The Labute approximate surface area is 178 Å². The fraction of sp³-hybridized carbons (Fsp3) is 0.364. The maximum Gasteiger partial charge on any atom is 0.419 e. The summed E-state index contributed by atoms with van der Waals surface area (Å²) in [7, 11) is 0. The zero-order valence-corrected chi connectivity index (χ0v) is 16.8. The van der Waals surface area contributed by atoms with Gasteiger partial charge in [0.05, 0.1) is 6.04 Å². The molecule has 2 atom stereocenters. The molecule has 10 heteroatoms. The second kappa shape index (κ2) is 6.50. The lowest BCUT2D eigenvalue weighted by atomic mass is 9.68. The third-order valence-corrected chi connectivity index (χ3v) is 6.55. The van der Waals surface area contributed by atoms with Gasteiger partial charge in [-0.15, -0.1) is 0 Å². The molecular formula is C22H18F5N3O2. The van der Waals surface area contributed by atoms with Crippen molar-refractivity contribution in [1.29, 1.82) is 0 Å². The Hall–Kier alpha value is -3.01. The lowest BCUT2D eigenvalue weighted by Gasteiger charge is -2.46. The molecule has 1 spiro atoms. The summed E-state index contributed by atoms with van der Waals surface area (Å²) in [5.74, 6) is -2.05. The number of anilines is 1. The van der Waals surface area contributed by atoms with E-state index in [1.807, 2.05) is 0 Å². The van der Waals surface area contributed by atoms with Crippen LogP contribution in [-0.4, -0.2) is 32.0 Å². The number of nitrogens with one attached hydrogen (secondary N) is 1. The monoisotopic (exact) mass is 451 g/mol. The Morgan fingerprint density at radius 3 is 2.44 bits per heavy atom. The number of halogens is 5. The third kappa shape index (κ3) is 2.85. The van der Waals surface area contributed by atoms with Crippen LogP contribution in [0.4, 0.5) is 27.6 Å². The van der Waals surface area contributed by atoms with Crippen molar-refractivity contribution >= 4 is 16.6 Å². The smallest absolute Gasteiger partial charge is 0.419 e. The molecule has 1 aromatic heterocycles. The van der Waals surface area contributed by atoms with Crippen LogP contribution in [0.1, 0.15) is 42.3 Å². The normalized spacial score (nSPS) is 23.9. The predicted octanol–water partition coefficient (Wildman–Crippen LogP) is 4.80. The maximum atomic E-state index is 14.3. The first-order valence-electron chi connectivity index (χ1n) is 9.96. The lowest BCUT2D eigenvalue weighted by Crippen LogP contribution is -2.57. The van der Waals surface area contributed by atoms with Gasteiger partial charge >= 0.3 is 6.18 Å². The number of aryl methyl sites for hydroxylation is 1. The van der Waals surface area contributed by atoms with Crippen molar-refractivity contribution in [3.8, 4) is 5.75 Å². The standard InChI is InChI=1S/C22H18F5N3O2/c1-10-28-8-12-15(5-4-13(23)17(12)29-10)30-19-11-2-3-14(24)18(31)16(11)20(6-7-20)9-21(19,32)22(25,26)27/h2-5,8,19,30-32H,6-7,9H2,1H3. The Morgan fingerprint density at radius 1 is 1.09 bits per heavy atom. The molecule has 2 aliphatic carbocycles. The van der Waals surface area contributed by atoms with Crippen molar-refractivity contribution in [2.45, 2.75) is 49.4 Å². The summed E-state index contributed by atoms with van der Waals surface area (Å²) in [4.78, 5) is 8.02. The Balaban J connectivity index is 1.73. The summed E-state index contributed by atoms with van der Waals surface area (Å²) in [5.41, 5.74) is -4.38. The molecule has 0 aliphatic heterocycles. The van der Waals surface area contributed by atoms with Gasteiger partial charge in [-0.25, -0.2) is 18.7 Å². The van der Waals surface area contributed by atoms with Crippen LogP contribution >= 0.6 is 0 Å². The molecular weight excluding hydrogens is 433 g/mol. The number of rotatable bonds is 2. The van der Waals surface area contributed by atoms with Gasteiger partial charge in [0.25, 0.3) is 0 Å². The van der Waals surface area contributed by atoms with Crippen molar-refractivity contribution in [2.24, 2.45) is 0 Å². The number of fused-ring (bicyclic) bond motifs is 3. The number of hydrogen-bond donors (Lipinski definition) is 3. The first-order chi connectivity index (χ1) is 15.0. The van der Waals surface area contributed by atoms with Crippen molar-refractivity contribution in [3.63, 3.8) is 0 Å². The number of nitrogens with zero attached hydrogens (tertiary/aromatic N) is 2. The molecule has 5 nitrogen and oxygen atoms in total. The van der Waals surface area contributed by atoms with Gasteiger partial charge in [-0.3, -0.25) is 0 Å². The topological polar surface area (TPSA) is 78.3 Å². The molecule has 32 heavy (non-hydrogen) atoms. The van der Waals surface area contributed by atoms with Gasteiger partial charge in [-0.2, -0.15) is 13.2 Å². The summed E-state index contributed by atoms with van der Waals surface area (Å²) >= 11 is 0. The van der Waals surface area contributed by atoms with Crippen molar-refractivity contribution < 1.29 is 32.2 Å². The average Bonchev–Trinajstić information content (AvgIpc) is 3.47. The number of alkyl halides is 3. The molecule has 3 N–H and O–H groups in total. The number of aromatic nitrogens is 2. The number of benzene rings is 2. The minimum atomic E-state index is -5.04. The summed E-state index contributed by atoms with van der Waals surface area (Å²) in [6, 6.07) is 2.52. The summed E-state index contributed by atoms with van der Waals surface area (Å²) in [6.07, 6.45) is -3.92. The highest BCUT2D eigenvalue weighted by molar-refractivity contribution is 5.91. The fourth-order valence-electron chi connectivity index (χ4n) is 4.84. The summed E-state index contributed by atoms with van der Waals surface area (Å²) in [6.45, 7) is 1.55. The number of phenolic OH excluding ortho intramolecular Hbond substituents is 1. The molecule has 2 unspecified atom stereocenters. The molecule has 0 amide bonds. The molecule has 0 saturated heterocycles. The molecule has 1 heterocycles. The number of hydrogen-bond acceptors (Lipinski definition) is 5. The Kier molecular flexibility index (Phi) is 4.24. The van der Waals surface area contributed by atoms with Crippen molar-refractivity contribution in [3.05, 3.63) is 59.0 Å². The second-order valence-electron chi connectivity index (χ2n) is 8.59. The van der Waals surface area contributed by atoms with Gasteiger partial charge in [0.1, 0.15) is 17.2 Å². The first-order valence-corrected chi connectivity index (χ1v) is 9.96. The van der Waals surface area contributed by atoms with Crippen LogP contribution in [0.15, 0.2) is 30.5 Å².